The molecule has 1 aliphatic heterocycles. The van der Waals surface area contributed by atoms with Gasteiger partial charge in [-0.3, -0.25) is 0 Å². The average Bonchev–Trinajstić information content (AvgIpc) is 2.70. The summed E-state index contributed by atoms with van der Waals surface area (Å²) in [4.78, 5) is 0. The monoisotopic (exact) mass is 242 g/mol. The minimum atomic E-state index is -0.718. The topological polar surface area (TPSA) is 29.5 Å². The molecule has 0 bridgehead atoms. The Morgan fingerprint density at radius 1 is 1.22 bits per heavy atom. The van der Waals surface area contributed by atoms with E-state index in [1.807, 2.05) is 19.1 Å². The zero-order chi connectivity index (χ0) is 12.6. The van der Waals surface area contributed by atoms with Crippen LogP contribution >= 0.6 is 0 Å². The molecule has 0 amide bonds. The summed E-state index contributed by atoms with van der Waals surface area (Å²) in [5.41, 5.74) is 0.484. The Kier molecular flexibility index (Phi) is 2.84. The molecule has 0 radical (unpaired) electrons. The van der Waals surface area contributed by atoms with E-state index in [0.717, 1.165) is 6.42 Å². The van der Waals surface area contributed by atoms with Crippen LogP contribution in [0.15, 0.2) is 42.5 Å². The van der Waals surface area contributed by atoms with Gasteiger partial charge in [0.25, 0.3) is 0 Å². The Morgan fingerprint density at radius 3 is 2.78 bits per heavy atom. The fourth-order valence-electron chi connectivity index (χ4n) is 2.78. The van der Waals surface area contributed by atoms with Crippen LogP contribution in [0.1, 0.15) is 18.9 Å². The van der Waals surface area contributed by atoms with Crippen molar-refractivity contribution in [2.75, 3.05) is 6.61 Å². The van der Waals surface area contributed by atoms with Crippen LogP contribution in [0.3, 0.4) is 0 Å². The van der Waals surface area contributed by atoms with Gasteiger partial charge in [-0.1, -0.05) is 42.5 Å². The maximum atomic E-state index is 10.6. The van der Waals surface area contributed by atoms with E-state index in [-0.39, 0.29) is 6.10 Å². The lowest BCUT2D eigenvalue weighted by atomic mass is 9.87. The molecule has 1 aliphatic rings. The molecule has 1 fully saturated rings. The third-order valence-electron chi connectivity index (χ3n) is 4.04. The molecule has 2 heteroatoms. The molecule has 0 spiro atoms. The lowest BCUT2D eigenvalue weighted by Crippen LogP contribution is -2.38. The van der Waals surface area contributed by atoms with Gasteiger partial charge in [-0.25, -0.2) is 0 Å². The molecule has 1 saturated heterocycles. The van der Waals surface area contributed by atoms with Crippen molar-refractivity contribution in [2.45, 2.75) is 31.5 Å². The molecule has 3 rings (SSSR count). The summed E-state index contributed by atoms with van der Waals surface area (Å²) < 4.78 is 5.50. The highest BCUT2D eigenvalue weighted by Crippen LogP contribution is 2.31. The summed E-state index contributed by atoms with van der Waals surface area (Å²) in [5, 5.41) is 13.1. The molecule has 18 heavy (non-hydrogen) atoms. The van der Waals surface area contributed by atoms with Crippen molar-refractivity contribution in [2.24, 2.45) is 0 Å². The largest absolute Gasteiger partial charge is 0.387 e. The first-order valence-corrected chi connectivity index (χ1v) is 6.50. The van der Waals surface area contributed by atoms with Crippen molar-refractivity contribution in [3.8, 4) is 0 Å². The van der Waals surface area contributed by atoms with Crippen LogP contribution < -0.4 is 0 Å². The first-order chi connectivity index (χ1) is 8.69. The summed E-state index contributed by atoms with van der Waals surface area (Å²) in [6, 6.07) is 14.6. The smallest absolute Gasteiger partial charge is 0.0967 e. The molecule has 2 atom stereocenters. The lowest BCUT2D eigenvalue weighted by Gasteiger charge is -2.26. The van der Waals surface area contributed by atoms with E-state index < -0.39 is 5.60 Å². The van der Waals surface area contributed by atoms with Gasteiger partial charge >= 0.3 is 0 Å². The van der Waals surface area contributed by atoms with E-state index in [0.29, 0.717) is 13.0 Å². The van der Waals surface area contributed by atoms with E-state index in [2.05, 4.69) is 30.3 Å². The van der Waals surface area contributed by atoms with Crippen LogP contribution in [-0.2, 0) is 11.2 Å². The molecule has 1 N–H and O–H groups in total. The molecule has 2 aromatic carbocycles. The number of aliphatic hydroxyl groups is 1. The Bertz CT molecular complexity index is 559. The van der Waals surface area contributed by atoms with Crippen molar-refractivity contribution < 1.29 is 9.84 Å². The van der Waals surface area contributed by atoms with Gasteiger partial charge < -0.3 is 9.84 Å². The van der Waals surface area contributed by atoms with Gasteiger partial charge in [0.1, 0.15) is 0 Å². The van der Waals surface area contributed by atoms with Gasteiger partial charge in [0.2, 0.25) is 0 Å². The van der Waals surface area contributed by atoms with Gasteiger partial charge in [-0.2, -0.15) is 0 Å². The second kappa shape index (κ2) is 4.38. The molecule has 2 aromatic rings. The van der Waals surface area contributed by atoms with Crippen LogP contribution in [0.25, 0.3) is 10.8 Å². The summed E-state index contributed by atoms with van der Waals surface area (Å²) in [5.74, 6) is 0. The van der Waals surface area contributed by atoms with Gasteiger partial charge in [0.15, 0.2) is 0 Å². The molecule has 0 aromatic heterocycles. The van der Waals surface area contributed by atoms with Crippen LogP contribution in [0.4, 0.5) is 0 Å². The van der Waals surface area contributed by atoms with Crippen molar-refractivity contribution >= 4 is 10.8 Å². The molecular weight excluding hydrogens is 224 g/mol. The van der Waals surface area contributed by atoms with Crippen LogP contribution in [0, 0.1) is 0 Å². The number of hydrogen-bond donors (Lipinski definition) is 1. The molecule has 1 heterocycles. The Morgan fingerprint density at radius 2 is 2.00 bits per heavy atom. The Hall–Kier alpha value is -1.38. The Balaban J connectivity index is 2.00. The normalized spacial score (nSPS) is 27.8. The SMILES string of the molecule is CC1OCCC1(O)Cc1cccc2ccccc12. The first kappa shape index (κ1) is 11.7. The van der Waals surface area contributed by atoms with E-state index in [9.17, 15) is 5.11 Å². The summed E-state index contributed by atoms with van der Waals surface area (Å²) >= 11 is 0. The van der Waals surface area contributed by atoms with E-state index in [1.54, 1.807) is 0 Å². The maximum absolute atomic E-state index is 10.6. The van der Waals surface area contributed by atoms with Crippen LogP contribution in [0.5, 0.6) is 0 Å². The molecule has 2 nitrogen and oxygen atoms in total. The molecule has 0 aliphatic carbocycles. The minimum absolute atomic E-state index is 0.0866. The quantitative estimate of drug-likeness (QED) is 0.877. The standard InChI is InChI=1S/C16H18O2/c1-12-16(17,9-10-18-12)11-14-7-4-6-13-5-2-3-8-15(13)14/h2-8,12,17H,9-11H2,1H3. The van der Waals surface area contributed by atoms with Gasteiger partial charge in [-0.05, 0) is 23.3 Å². The fourth-order valence-corrected chi connectivity index (χ4v) is 2.78. The van der Waals surface area contributed by atoms with E-state index in [4.69, 9.17) is 4.74 Å². The average molecular weight is 242 g/mol. The van der Waals surface area contributed by atoms with Crippen LogP contribution in [-0.4, -0.2) is 23.4 Å². The van der Waals surface area contributed by atoms with E-state index >= 15 is 0 Å². The number of hydrogen-bond acceptors (Lipinski definition) is 2. The number of ether oxygens (including phenoxy) is 1. The van der Waals surface area contributed by atoms with Crippen molar-refractivity contribution in [1.29, 1.82) is 0 Å². The number of fused-ring (bicyclic) bond motifs is 1. The zero-order valence-electron chi connectivity index (χ0n) is 10.6. The maximum Gasteiger partial charge on any atom is 0.0967 e. The van der Waals surface area contributed by atoms with Crippen LogP contribution in [0.2, 0.25) is 0 Å². The van der Waals surface area contributed by atoms with E-state index in [1.165, 1.54) is 16.3 Å². The van der Waals surface area contributed by atoms with Gasteiger partial charge in [0, 0.05) is 19.4 Å². The highest BCUT2D eigenvalue weighted by molar-refractivity contribution is 5.85. The second-order valence-electron chi connectivity index (χ2n) is 5.18. The summed E-state index contributed by atoms with van der Waals surface area (Å²) in [6.07, 6.45) is 1.30. The van der Waals surface area contributed by atoms with Gasteiger partial charge in [-0.15, -0.1) is 0 Å². The highest BCUT2D eigenvalue weighted by Gasteiger charge is 2.39. The second-order valence-corrected chi connectivity index (χ2v) is 5.18. The first-order valence-electron chi connectivity index (χ1n) is 6.50. The fraction of sp³-hybridized carbons (Fsp3) is 0.375. The lowest BCUT2D eigenvalue weighted by molar-refractivity contribution is -0.0266. The third-order valence-corrected chi connectivity index (χ3v) is 4.04. The van der Waals surface area contributed by atoms with Crippen molar-refractivity contribution in [3.05, 3.63) is 48.0 Å². The van der Waals surface area contributed by atoms with Crippen molar-refractivity contribution in [1.82, 2.24) is 0 Å². The predicted molar refractivity (Wildman–Crippen MR) is 72.6 cm³/mol. The highest BCUT2D eigenvalue weighted by atomic mass is 16.5. The van der Waals surface area contributed by atoms with Crippen molar-refractivity contribution in [3.63, 3.8) is 0 Å². The molecule has 0 saturated carbocycles. The number of benzene rings is 2. The third kappa shape index (κ3) is 1.92. The minimum Gasteiger partial charge on any atom is -0.387 e. The predicted octanol–water partition coefficient (Wildman–Crippen LogP) is 2.92. The zero-order valence-corrected chi connectivity index (χ0v) is 10.6. The molecular formula is C16H18O2. The summed E-state index contributed by atoms with van der Waals surface area (Å²) in [7, 11) is 0. The van der Waals surface area contributed by atoms with Gasteiger partial charge in [0.05, 0.1) is 11.7 Å². The summed E-state index contributed by atoms with van der Waals surface area (Å²) in [6.45, 7) is 2.61. The Labute approximate surface area is 107 Å². The molecule has 94 valence electrons. The molecule has 2 unspecified atom stereocenters. The number of rotatable bonds is 2.